The summed E-state index contributed by atoms with van der Waals surface area (Å²) in [5.74, 6) is 0. The van der Waals surface area contributed by atoms with Gasteiger partial charge in [-0.2, -0.15) is 0 Å². The Labute approximate surface area is 269 Å². The lowest BCUT2D eigenvalue weighted by atomic mass is 10.0. The highest BCUT2D eigenvalue weighted by molar-refractivity contribution is 4.80. The van der Waals surface area contributed by atoms with Gasteiger partial charge >= 0.3 is 0 Å². The molecule has 0 rings (SSSR count). The Balaban J connectivity index is 3.04. The van der Waals surface area contributed by atoms with Gasteiger partial charge < -0.3 is 0 Å². The lowest BCUT2D eigenvalue weighted by Crippen LogP contribution is -1.85. The Bertz CT molecular complexity index is 463. The zero-order valence-corrected chi connectivity index (χ0v) is 30.0. The first-order valence-electron chi connectivity index (χ1n) is 20.6. The van der Waals surface area contributed by atoms with Crippen LogP contribution in [0.3, 0.4) is 0 Å². The zero-order chi connectivity index (χ0) is 30.3. The van der Waals surface area contributed by atoms with Crippen molar-refractivity contribution in [1.29, 1.82) is 0 Å². The average molecular weight is 589 g/mol. The lowest BCUT2D eigenvalue weighted by molar-refractivity contribution is 0.511. The summed E-state index contributed by atoms with van der Waals surface area (Å²) in [6.45, 7) is 4.57. The molecule has 0 atom stereocenters. The molecule has 0 unspecified atom stereocenters. The molecule has 0 aromatic rings. The van der Waals surface area contributed by atoms with E-state index in [1.807, 2.05) is 0 Å². The van der Waals surface area contributed by atoms with Crippen molar-refractivity contribution in [1.82, 2.24) is 0 Å². The van der Waals surface area contributed by atoms with Crippen LogP contribution in [0.15, 0.2) is 12.2 Å². The molecule has 0 heteroatoms. The van der Waals surface area contributed by atoms with Crippen molar-refractivity contribution in [2.75, 3.05) is 0 Å². The second-order valence-corrected chi connectivity index (χ2v) is 14.1. The summed E-state index contributed by atoms with van der Waals surface area (Å²) < 4.78 is 0. The fraction of sp³-hybridized carbons (Fsp3) is 0.952. The Hall–Kier alpha value is -0.260. The Kier molecular flexibility index (Phi) is 40.5. The number of hydrogen-bond acceptors (Lipinski definition) is 0. The van der Waals surface area contributed by atoms with Crippen LogP contribution < -0.4 is 0 Å². The summed E-state index contributed by atoms with van der Waals surface area (Å²) in [6.07, 6.45) is 60.4. The molecule has 0 heterocycles. The fourth-order valence-corrected chi connectivity index (χ4v) is 6.57. The predicted octanol–water partition coefficient (Wildman–Crippen LogP) is 16.4. The molecule has 252 valence electrons. The van der Waals surface area contributed by atoms with E-state index in [2.05, 4.69) is 26.0 Å². The largest absolute Gasteiger partial charge is 0.0885 e. The van der Waals surface area contributed by atoms with Crippen LogP contribution in [0, 0.1) is 0 Å². The minimum absolute atomic E-state index is 1.26. The molecule has 0 saturated carbocycles. The van der Waals surface area contributed by atoms with Gasteiger partial charge in [0, 0.05) is 0 Å². The van der Waals surface area contributed by atoms with Gasteiger partial charge in [-0.3, -0.25) is 0 Å². The second kappa shape index (κ2) is 40.7. The van der Waals surface area contributed by atoms with E-state index in [-0.39, 0.29) is 0 Å². The molecule has 0 aromatic heterocycles. The van der Waals surface area contributed by atoms with Crippen LogP contribution in [0.5, 0.6) is 0 Å². The Morgan fingerprint density at radius 3 is 0.595 bits per heavy atom. The third-order valence-electron chi connectivity index (χ3n) is 9.60. The lowest BCUT2D eigenvalue weighted by Gasteiger charge is -2.05. The van der Waals surface area contributed by atoms with Gasteiger partial charge in [0.05, 0.1) is 0 Å². The SMILES string of the molecule is CCCC=CCCCCCCCCCCCCCCCCCCCCCCCCCCCCCCCCCCCCC. The summed E-state index contributed by atoms with van der Waals surface area (Å²) >= 11 is 0. The number of rotatable bonds is 38. The van der Waals surface area contributed by atoms with Crippen molar-refractivity contribution in [2.24, 2.45) is 0 Å². The van der Waals surface area contributed by atoms with Crippen LogP contribution in [0.2, 0.25) is 0 Å². The molecule has 0 spiro atoms. The summed E-state index contributed by atoms with van der Waals surface area (Å²) in [7, 11) is 0. The van der Waals surface area contributed by atoms with E-state index in [1.54, 1.807) is 0 Å². The van der Waals surface area contributed by atoms with Crippen LogP contribution in [0.4, 0.5) is 0 Å². The third kappa shape index (κ3) is 39.7. The third-order valence-corrected chi connectivity index (χ3v) is 9.60. The number of unbranched alkanes of at least 4 members (excludes halogenated alkanes) is 36. The quantitative estimate of drug-likeness (QED) is 0.0497. The van der Waals surface area contributed by atoms with Crippen molar-refractivity contribution in [3.05, 3.63) is 12.2 Å². The summed E-state index contributed by atoms with van der Waals surface area (Å²) in [4.78, 5) is 0. The first-order chi connectivity index (χ1) is 20.9. The Morgan fingerprint density at radius 2 is 0.381 bits per heavy atom. The summed E-state index contributed by atoms with van der Waals surface area (Å²) in [5, 5.41) is 0. The van der Waals surface area contributed by atoms with E-state index in [4.69, 9.17) is 0 Å². The fourth-order valence-electron chi connectivity index (χ4n) is 6.57. The van der Waals surface area contributed by atoms with Gasteiger partial charge in [-0.15, -0.1) is 0 Å². The molecular formula is C42H84. The number of hydrogen-bond donors (Lipinski definition) is 0. The van der Waals surface area contributed by atoms with E-state index in [1.165, 1.54) is 244 Å². The van der Waals surface area contributed by atoms with E-state index in [9.17, 15) is 0 Å². The first-order valence-corrected chi connectivity index (χ1v) is 20.6. The molecule has 0 radical (unpaired) electrons. The standard InChI is InChI=1S/C42H84/c1-3-5-7-9-11-13-15-17-19-21-23-25-27-29-31-33-35-37-39-41-42-40-38-36-34-32-30-28-26-24-22-20-18-16-14-12-10-8-6-4-2/h7,9H,3-6,8,10-42H2,1-2H3. The molecule has 0 amide bonds. The normalized spacial score (nSPS) is 11.8. The van der Waals surface area contributed by atoms with Crippen molar-refractivity contribution in [2.45, 2.75) is 258 Å². The zero-order valence-electron chi connectivity index (χ0n) is 30.0. The smallest absolute Gasteiger partial charge is 0.0351 e. The summed E-state index contributed by atoms with van der Waals surface area (Å²) in [6, 6.07) is 0. The molecule has 0 aliphatic rings. The van der Waals surface area contributed by atoms with Gasteiger partial charge in [0.25, 0.3) is 0 Å². The van der Waals surface area contributed by atoms with Crippen LogP contribution in [-0.4, -0.2) is 0 Å². The summed E-state index contributed by atoms with van der Waals surface area (Å²) in [5.41, 5.74) is 0. The maximum atomic E-state index is 2.40. The highest BCUT2D eigenvalue weighted by atomic mass is 14.0. The topological polar surface area (TPSA) is 0 Å². The molecular weight excluding hydrogens is 504 g/mol. The molecule has 0 bridgehead atoms. The van der Waals surface area contributed by atoms with E-state index in [0.717, 1.165) is 0 Å². The molecule has 0 saturated heterocycles. The van der Waals surface area contributed by atoms with Crippen molar-refractivity contribution in [3.8, 4) is 0 Å². The van der Waals surface area contributed by atoms with Gasteiger partial charge in [-0.25, -0.2) is 0 Å². The van der Waals surface area contributed by atoms with Crippen molar-refractivity contribution >= 4 is 0 Å². The predicted molar refractivity (Wildman–Crippen MR) is 196 cm³/mol. The van der Waals surface area contributed by atoms with Gasteiger partial charge in [0.15, 0.2) is 0 Å². The minimum atomic E-state index is 1.26. The maximum absolute atomic E-state index is 2.40. The van der Waals surface area contributed by atoms with Crippen molar-refractivity contribution in [3.63, 3.8) is 0 Å². The minimum Gasteiger partial charge on any atom is -0.0885 e. The van der Waals surface area contributed by atoms with Gasteiger partial charge in [0.2, 0.25) is 0 Å². The van der Waals surface area contributed by atoms with Crippen LogP contribution in [-0.2, 0) is 0 Å². The first kappa shape index (κ1) is 41.7. The monoisotopic (exact) mass is 589 g/mol. The van der Waals surface area contributed by atoms with E-state index in [0.29, 0.717) is 0 Å². The van der Waals surface area contributed by atoms with Crippen LogP contribution >= 0.6 is 0 Å². The van der Waals surface area contributed by atoms with Crippen molar-refractivity contribution < 1.29 is 0 Å². The van der Waals surface area contributed by atoms with E-state index >= 15 is 0 Å². The van der Waals surface area contributed by atoms with Gasteiger partial charge in [-0.1, -0.05) is 251 Å². The highest BCUT2D eigenvalue weighted by Crippen LogP contribution is 2.17. The maximum Gasteiger partial charge on any atom is -0.0351 e. The molecule has 0 nitrogen and oxygen atoms in total. The highest BCUT2D eigenvalue weighted by Gasteiger charge is 1.97. The Morgan fingerprint density at radius 1 is 0.190 bits per heavy atom. The van der Waals surface area contributed by atoms with Crippen LogP contribution in [0.1, 0.15) is 258 Å². The second-order valence-electron chi connectivity index (χ2n) is 14.1. The molecule has 0 fully saturated rings. The average Bonchev–Trinajstić information content (AvgIpc) is 3.00. The number of allylic oxidation sites excluding steroid dienone is 2. The van der Waals surface area contributed by atoms with Gasteiger partial charge in [0.1, 0.15) is 0 Å². The van der Waals surface area contributed by atoms with Crippen LogP contribution in [0.25, 0.3) is 0 Å². The molecule has 0 aliphatic carbocycles. The van der Waals surface area contributed by atoms with E-state index < -0.39 is 0 Å². The molecule has 0 aromatic carbocycles. The van der Waals surface area contributed by atoms with Gasteiger partial charge in [-0.05, 0) is 19.3 Å². The molecule has 0 aliphatic heterocycles. The molecule has 42 heavy (non-hydrogen) atoms. The molecule has 0 N–H and O–H groups in total.